The molecule has 0 bridgehead atoms. The van der Waals surface area contributed by atoms with E-state index in [1.807, 2.05) is 201 Å². The van der Waals surface area contributed by atoms with Crippen LogP contribution in [0.25, 0.3) is 0 Å². The maximum atomic E-state index is 13.3. The van der Waals surface area contributed by atoms with E-state index in [-0.39, 0.29) is 58.6 Å². The van der Waals surface area contributed by atoms with E-state index in [0.29, 0.717) is 30.8 Å². The number of rotatable bonds is 25. The summed E-state index contributed by atoms with van der Waals surface area (Å²) < 4.78 is 66.7. The smallest absolute Gasteiger partial charge is 0.410 e. The first-order chi connectivity index (χ1) is 46.0. The fourth-order valence-corrected chi connectivity index (χ4v) is 11.1. The second kappa shape index (κ2) is 35.3. The molecule has 11 atom stereocenters. The van der Waals surface area contributed by atoms with Crippen molar-refractivity contribution in [2.24, 2.45) is 11.8 Å². The van der Waals surface area contributed by atoms with Crippen molar-refractivity contribution in [3.63, 3.8) is 0 Å². The molecule has 3 fully saturated rings. The van der Waals surface area contributed by atoms with Gasteiger partial charge in [-0.2, -0.15) is 0 Å². The van der Waals surface area contributed by atoms with Crippen LogP contribution in [-0.2, 0) is 85.0 Å². The van der Waals surface area contributed by atoms with Gasteiger partial charge in [-0.15, -0.1) is 0 Å². The van der Waals surface area contributed by atoms with Gasteiger partial charge < -0.3 is 67.0 Å². The standard InChI is InChI=1S/C38H39NO8.C38H41NO8/c1-27-33-32(26-43-36(47-33)31-20-12-5-13-21-31)45-37(34(27)46-35(40)30-18-10-4-11-19-30)42-23-22-39(24-28-14-6-2-7-15-28)38(41)44-25-29-16-8-3-9-17-29;1-28-34(40)33(27-43-25-30-16-8-3-9-17-30)46-37(35(28)47-36(41)32-20-12-5-13-21-32)44-23-22-39(24-29-14-6-2-7-15-29)38(42)45-26-31-18-10-4-11-19-31/h2-21,27,32-34,36-37H,22-26H2,1H3;2-21,28,33-35,37,40H,22-27H2,1H3. The molecule has 11 unspecified atom stereocenters. The van der Waals surface area contributed by atoms with Gasteiger partial charge in [0, 0.05) is 43.6 Å². The second-order valence-corrected chi connectivity index (χ2v) is 23.1. The molecule has 0 spiro atoms. The molecule has 3 saturated heterocycles. The second-order valence-electron chi connectivity index (χ2n) is 23.1. The van der Waals surface area contributed by atoms with E-state index in [2.05, 4.69) is 0 Å². The minimum atomic E-state index is -1.02. The number of fused-ring (bicyclic) bond motifs is 1. The highest BCUT2D eigenvalue weighted by Crippen LogP contribution is 2.39. The number of amides is 2. The zero-order chi connectivity index (χ0) is 65.3. The summed E-state index contributed by atoms with van der Waals surface area (Å²) in [5, 5.41) is 11.2. The van der Waals surface area contributed by atoms with Crippen molar-refractivity contribution in [2.45, 2.75) is 102 Å². The van der Waals surface area contributed by atoms with Gasteiger partial charge in [0.05, 0.1) is 56.4 Å². The van der Waals surface area contributed by atoms with Crippen LogP contribution in [0.2, 0.25) is 0 Å². The average Bonchev–Trinajstić information content (AvgIpc) is 0.866. The number of benzene rings is 8. The lowest BCUT2D eigenvalue weighted by atomic mass is 9.89. The lowest BCUT2D eigenvalue weighted by Crippen LogP contribution is -2.59. The Balaban J connectivity index is 0.000000205. The molecule has 2 amide bonds. The molecular weight excluding hydrogens is 1200 g/mol. The molecule has 8 aromatic carbocycles. The monoisotopic (exact) mass is 1280 g/mol. The molecule has 18 nitrogen and oxygen atoms in total. The largest absolute Gasteiger partial charge is 0.453 e. The Morgan fingerprint density at radius 2 is 0.840 bits per heavy atom. The van der Waals surface area contributed by atoms with E-state index in [4.69, 9.17) is 52.1 Å². The summed E-state index contributed by atoms with van der Waals surface area (Å²) in [5.74, 6) is -1.87. The number of carbonyl (C=O) groups is 4. The molecule has 0 aromatic heterocycles. The van der Waals surface area contributed by atoms with E-state index in [1.54, 1.807) is 65.3 Å². The number of hydrogen-bond acceptors (Lipinski definition) is 16. The van der Waals surface area contributed by atoms with Crippen molar-refractivity contribution in [3.8, 4) is 0 Å². The molecule has 1 N–H and O–H groups in total. The summed E-state index contributed by atoms with van der Waals surface area (Å²) in [5.41, 5.74) is 6.34. The van der Waals surface area contributed by atoms with E-state index in [1.165, 1.54) is 0 Å². The third-order valence-electron chi connectivity index (χ3n) is 16.3. The van der Waals surface area contributed by atoms with Gasteiger partial charge >= 0.3 is 24.1 Å². The number of carbonyl (C=O) groups excluding carboxylic acids is 4. The van der Waals surface area contributed by atoms with Gasteiger partial charge in [-0.25, -0.2) is 19.2 Å². The predicted molar refractivity (Wildman–Crippen MR) is 348 cm³/mol. The Morgan fingerprint density at radius 1 is 0.457 bits per heavy atom. The number of ether oxygens (including phenoxy) is 11. The molecule has 490 valence electrons. The Bertz CT molecular complexity index is 3420. The average molecular weight is 1280 g/mol. The first-order valence-electron chi connectivity index (χ1n) is 31.7. The number of esters is 2. The minimum Gasteiger partial charge on any atom is -0.453 e. The molecule has 3 heterocycles. The molecule has 3 aliphatic heterocycles. The fourth-order valence-electron chi connectivity index (χ4n) is 11.1. The quantitative estimate of drug-likeness (QED) is 0.0418. The highest BCUT2D eigenvalue weighted by atomic mass is 16.8. The molecule has 94 heavy (non-hydrogen) atoms. The van der Waals surface area contributed by atoms with E-state index >= 15 is 0 Å². The maximum Gasteiger partial charge on any atom is 0.410 e. The third-order valence-corrected chi connectivity index (χ3v) is 16.3. The summed E-state index contributed by atoms with van der Waals surface area (Å²) in [7, 11) is 0. The van der Waals surface area contributed by atoms with Crippen molar-refractivity contribution in [1.29, 1.82) is 0 Å². The van der Waals surface area contributed by atoms with E-state index in [0.717, 1.165) is 33.4 Å². The van der Waals surface area contributed by atoms with Gasteiger partial charge in [-0.05, 0) is 52.1 Å². The van der Waals surface area contributed by atoms with Gasteiger partial charge in [-0.3, -0.25) is 0 Å². The van der Waals surface area contributed by atoms with Crippen LogP contribution in [0, 0.1) is 11.8 Å². The Kier molecular flexibility index (Phi) is 25.4. The minimum absolute atomic E-state index is 0.0533. The van der Waals surface area contributed by atoms with Gasteiger partial charge in [0.1, 0.15) is 25.4 Å². The molecule has 0 aliphatic carbocycles. The van der Waals surface area contributed by atoms with Crippen molar-refractivity contribution in [1.82, 2.24) is 9.80 Å². The highest BCUT2D eigenvalue weighted by molar-refractivity contribution is 5.90. The zero-order valence-corrected chi connectivity index (χ0v) is 52.7. The van der Waals surface area contributed by atoms with Crippen molar-refractivity contribution >= 4 is 24.1 Å². The summed E-state index contributed by atoms with van der Waals surface area (Å²) in [4.78, 5) is 56.0. The predicted octanol–water partition coefficient (Wildman–Crippen LogP) is 12.5. The van der Waals surface area contributed by atoms with Crippen LogP contribution in [0.4, 0.5) is 9.59 Å². The van der Waals surface area contributed by atoms with Gasteiger partial charge in [-0.1, -0.05) is 232 Å². The summed E-state index contributed by atoms with van der Waals surface area (Å²) in [6, 6.07) is 75.1. The SMILES string of the molecule is CC1C(O)C(COCc2ccccc2)OC(OCCN(Cc2ccccc2)C(=O)OCc2ccccc2)C1OC(=O)c1ccccc1.CC1C2OC(c3ccccc3)OCC2OC(OCCN(Cc2ccccc2)C(=O)OCc2ccccc2)C1OC(=O)c1ccccc1. The number of nitrogens with zero attached hydrogens (tertiary/aromatic N) is 2. The van der Waals surface area contributed by atoms with Crippen molar-refractivity contribution in [3.05, 3.63) is 287 Å². The van der Waals surface area contributed by atoms with E-state index < -0.39 is 85.5 Å². The third kappa shape index (κ3) is 19.7. The summed E-state index contributed by atoms with van der Waals surface area (Å²) in [6.07, 6.45) is -7.75. The van der Waals surface area contributed by atoms with Crippen LogP contribution in [0.3, 0.4) is 0 Å². The number of aliphatic hydroxyl groups excluding tert-OH is 1. The first kappa shape index (κ1) is 67.8. The molecule has 0 saturated carbocycles. The van der Waals surface area contributed by atoms with Gasteiger partial charge in [0.15, 0.2) is 31.1 Å². The Labute approximate surface area is 548 Å². The molecular formula is C76H80N2O16. The Hall–Kier alpha value is -9.08. The topological polar surface area (TPSA) is 197 Å². The highest BCUT2D eigenvalue weighted by Gasteiger charge is 2.51. The maximum absolute atomic E-state index is 13.3. The van der Waals surface area contributed by atoms with Crippen LogP contribution in [0.1, 0.15) is 74.2 Å². The van der Waals surface area contributed by atoms with Crippen LogP contribution < -0.4 is 0 Å². The number of aliphatic hydroxyl groups is 1. The van der Waals surface area contributed by atoms with Gasteiger partial charge in [0.25, 0.3) is 0 Å². The van der Waals surface area contributed by atoms with Crippen LogP contribution >= 0.6 is 0 Å². The normalized spacial score (nSPS) is 22.2. The lowest BCUT2D eigenvalue weighted by Gasteiger charge is -2.48. The van der Waals surface area contributed by atoms with Crippen molar-refractivity contribution < 1.29 is 76.4 Å². The molecule has 0 radical (unpaired) electrons. The first-order valence-corrected chi connectivity index (χ1v) is 31.7. The molecule has 3 aliphatic rings. The number of hydrogen-bond donors (Lipinski definition) is 1. The van der Waals surface area contributed by atoms with E-state index in [9.17, 15) is 24.3 Å². The molecule has 11 rings (SSSR count). The van der Waals surface area contributed by atoms with Gasteiger partial charge in [0.2, 0.25) is 0 Å². The van der Waals surface area contributed by atoms with Crippen LogP contribution in [0.5, 0.6) is 0 Å². The Morgan fingerprint density at radius 3 is 1.29 bits per heavy atom. The summed E-state index contributed by atoms with van der Waals surface area (Å²) in [6.45, 7) is 5.96. The zero-order valence-electron chi connectivity index (χ0n) is 52.7. The summed E-state index contributed by atoms with van der Waals surface area (Å²) >= 11 is 0. The van der Waals surface area contributed by atoms with Crippen LogP contribution in [-0.4, -0.2) is 128 Å². The molecule has 18 heteroatoms. The fraction of sp³-hybridized carbons (Fsp3) is 0.316. The lowest BCUT2D eigenvalue weighted by molar-refractivity contribution is -0.351. The van der Waals surface area contributed by atoms with Crippen molar-refractivity contribution in [2.75, 3.05) is 39.5 Å². The van der Waals surface area contributed by atoms with Crippen LogP contribution in [0.15, 0.2) is 243 Å². The molecule has 8 aromatic rings.